The van der Waals surface area contributed by atoms with Gasteiger partial charge >= 0.3 is 0 Å². The lowest BCUT2D eigenvalue weighted by Crippen LogP contribution is -2.13. The normalized spacial score (nSPS) is 11.6. The van der Waals surface area contributed by atoms with Crippen molar-refractivity contribution in [2.75, 3.05) is 11.0 Å². The van der Waals surface area contributed by atoms with Crippen LogP contribution in [0.4, 0.5) is 5.69 Å². The fourth-order valence-electron chi connectivity index (χ4n) is 1.79. The minimum absolute atomic E-state index is 0.118. The van der Waals surface area contributed by atoms with Gasteiger partial charge in [0.05, 0.1) is 6.54 Å². The van der Waals surface area contributed by atoms with Gasteiger partial charge in [0.2, 0.25) is 0 Å². The van der Waals surface area contributed by atoms with Crippen molar-refractivity contribution >= 4 is 27.5 Å². The van der Waals surface area contributed by atoms with Crippen LogP contribution in [0.15, 0.2) is 44.5 Å². The molecule has 0 aliphatic heterocycles. The van der Waals surface area contributed by atoms with E-state index in [4.69, 9.17) is 10.2 Å². The van der Waals surface area contributed by atoms with Crippen molar-refractivity contribution in [1.82, 2.24) is 0 Å². The molecule has 5 nitrogen and oxygen atoms in total. The standard InChI is InChI=1S/C13H16N2O3S2/c1-9-13(7-11(8-14)18-9)20(16,17)15-10-4-3-5-12(6-10)19-2/h3-7,15H,8,14H2,1-2H3. The summed E-state index contributed by atoms with van der Waals surface area (Å²) in [7, 11) is -3.67. The van der Waals surface area contributed by atoms with Gasteiger partial charge in [-0.05, 0) is 31.4 Å². The highest BCUT2D eigenvalue weighted by atomic mass is 32.2. The zero-order valence-electron chi connectivity index (χ0n) is 11.2. The first-order chi connectivity index (χ1) is 9.46. The molecule has 0 saturated carbocycles. The molecular formula is C13H16N2O3S2. The van der Waals surface area contributed by atoms with Crippen molar-refractivity contribution < 1.29 is 12.8 Å². The molecule has 0 aliphatic rings. The number of aryl methyl sites for hydroxylation is 1. The van der Waals surface area contributed by atoms with Crippen LogP contribution in [-0.4, -0.2) is 14.7 Å². The van der Waals surface area contributed by atoms with Crippen molar-refractivity contribution in [2.45, 2.75) is 23.3 Å². The smallest absolute Gasteiger partial charge is 0.265 e. The molecule has 1 aromatic heterocycles. The molecule has 0 bridgehead atoms. The topological polar surface area (TPSA) is 85.3 Å². The van der Waals surface area contributed by atoms with E-state index in [0.29, 0.717) is 17.2 Å². The molecule has 0 amide bonds. The number of nitrogens with two attached hydrogens (primary N) is 1. The minimum Gasteiger partial charge on any atom is -0.464 e. The predicted octanol–water partition coefficient (Wildman–Crippen LogP) is 2.57. The third kappa shape index (κ3) is 3.17. The van der Waals surface area contributed by atoms with Crippen LogP contribution in [0, 0.1) is 6.92 Å². The molecular weight excluding hydrogens is 296 g/mol. The molecule has 0 fully saturated rings. The maximum absolute atomic E-state index is 12.3. The van der Waals surface area contributed by atoms with E-state index in [0.717, 1.165) is 4.90 Å². The Morgan fingerprint density at radius 2 is 2.10 bits per heavy atom. The average Bonchev–Trinajstić information content (AvgIpc) is 2.80. The summed E-state index contributed by atoms with van der Waals surface area (Å²) in [6.45, 7) is 1.77. The van der Waals surface area contributed by atoms with Gasteiger partial charge in [-0.2, -0.15) is 0 Å². The van der Waals surface area contributed by atoms with Crippen LogP contribution in [-0.2, 0) is 16.6 Å². The number of rotatable bonds is 5. The average molecular weight is 312 g/mol. The van der Waals surface area contributed by atoms with Crippen LogP contribution in [0.25, 0.3) is 0 Å². The molecule has 2 aromatic rings. The van der Waals surface area contributed by atoms with Gasteiger partial charge in [-0.3, -0.25) is 4.72 Å². The molecule has 0 saturated heterocycles. The van der Waals surface area contributed by atoms with Crippen LogP contribution in [0.1, 0.15) is 11.5 Å². The summed E-state index contributed by atoms with van der Waals surface area (Å²) in [6.07, 6.45) is 1.93. The maximum atomic E-state index is 12.3. The van der Waals surface area contributed by atoms with Gasteiger partial charge in [-0.15, -0.1) is 11.8 Å². The quantitative estimate of drug-likeness (QED) is 0.829. The molecule has 108 valence electrons. The monoisotopic (exact) mass is 312 g/mol. The number of hydrogen-bond donors (Lipinski definition) is 2. The van der Waals surface area contributed by atoms with Crippen molar-refractivity contribution in [2.24, 2.45) is 5.73 Å². The van der Waals surface area contributed by atoms with E-state index in [9.17, 15) is 8.42 Å². The number of sulfonamides is 1. The van der Waals surface area contributed by atoms with E-state index in [2.05, 4.69) is 4.72 Å². The molecule has 0 radical (unpaired) electrons. The molecule has 0 spiro atoms. The Labute approximate surface area is 122 Å². The number of benzene rings is 1. The molecule has 20 heavy (non-hydrogen) atoms. The SMILES string of the molecule is CSc1cccc(NS(=O)(=O)c2cc(CN)oc2C)c1. The third-order valence-corrected chi connectivity index (χ3v) is 4.95. The Balaban J connectivity index is 2.32. The number of nitrogens with one attached hydrogen (secondary N) is 1. The molecule has 1 heterocycles. The van der Waals surface area contributed by atoms with Crippen LogP contribution >= 0.6 is 11.8 Å². The Kier molecular flexibility index (Phi) is 4.42. The van der Waals surface area contributed by atoms with Crippen molar-refractivity contribution in [1.29, 1.82) is 0 Å². The van der Waals surface area contributed by atoms with Crippen molar-refractivity contribution in [3.8, 4) is 0 Å². The van der Waals surface area contributed by atoms with E-state index in [-0.39, 0.29) is 11.4 Å². The van der Waals surface area contributed by atoms with Crippen LogP contribution in [0.3, 0.4) is 0 Å². The fourth-order valence-corrected chi connectivity index (χ4v) is 3.50. The van der Waals surface area contributed by atoms with Gasteiger partial charge in [0.1, 0.15) is 16.4 Å². The molecule has 3 N–H and O–H groups in total. The summed E-state index contributed by atoms with van der Waals surface area (Å²) in [5.74, 6) is 0.778. The van der Waals surface area contributed by atoms with Crippen LogP contribution < -0.4 is 10.5 Å². The van der Waals surface area contributed by atoms with Gasteiger partial charge in [0.15, 0.2) is 0 Å². The summed E-state index contributed by atoms with van der Waals surface area (Å²) >= 11 is 1.55. The van der Waals surface area contributed by atoms with Gasteiger partial charge in [-0.25, -0.2) is 8.42 Å². The second kappa shape index (κ2) is 5.90. The number of furan rings is 1. The largest absolute Gasteiger partial charge is 0.464 e. The number of hydrogen-bond acceptors (Lipinski definition) is 5. The molecule has 2 rings (SSSR count). The van der Waals surface area contributed by atoms with E-state index in [1.54, 1.807) is 36.9 Å². The highest BCUT2D eigenvalue weighted by molar-refractivity contribution is 7.98. The highest BCUT2D eigenvalue weighted by Crippen LogP contribution is 2.24. The summed E-state index contributed by atoms with van der Waals surface area (Å²) in [6, 6.07) is 8.66. The maximum Gasteiger partial charge on any atom is 0.265 e. The molecule has 0 aliphatic carbocycles. The Bertz CT molecular complexity index is 708. The number of anilines is 1. The first-order valence-corrected chi connectivity index (χ1v) is 8.63. The van der Waals surface area contributed by atoms with Crippen molar-refractivity contribution in [3.05, 3.63) is 41.9 Å². The zero-order valence-corrected chi connectivity index (χ0v) is 12.8. The second-order valence-electron chi connectivity index (χ2n) is 4.17. The van der Waals surface area contributed by atoms with Gasteiger partial charge < -0.3 is 10.2 Å². The second-order valence-corrected chi connectivity index (χ2v) is 6.71. The fraction of sp³-hybridized carbons (Fsp3) is 0.231. The van der Waals surface area contributed by atoms with E-state index in [1.165, 1.54) is 6.07 Å². The van der Waals surface area contributed by atoms with E-state index >= 15 is 0 Å². The van der Waals surface area contributed by atoms with Gasteiger partial charge in [0.25, 0.3) is 10.0 Å². The zero-order chi connectivity index (χ0) is 14.8. The van der Waals surface area contributed by atoms with Crippen molar-refractivity contribution in [3.63, 3.8) is 0 Å². The van der Waals surface area contributed by atoms with Gasteiger partial charge in [0, 0.05) is 16.6 Å². The minimum atomic E-state index is -3.67. The summed E-state index contributed by atoms with van der Waals surface area (Å²) in [4.78, 5) is 1.10. The van der Waals surface area contributed by atoms with E-state index in [1.807, 2.05) is 12.3 Å². The summed E-state index contributed by atoms with van der Waals surface area (Å²) in [5, 5.41) is 0. The predicted molar refractivity (Wildman–Crippen MR) is 80.4 cm³/mol. The first-order valence-electron chi connectivity index (χ1n) is 5.92. The highest BCUT2D eigenvalue weighted by Gasteiger charge is 2.21. The summed E-state index contributed by atoms with van der Waals surface area (Å²) < 4.78 is 32.5. The lowest BCUT2D eigenvalue weighted by atomic mass is 10.3. The summed E-state index contributed by atoms with van der Waals surface area (Å²) in [5.41, 5.74) is 5.97. The lowest BCUT2D eigenvalue weighted by Gasteiger charge is -2.07. The molecule has 7 heteroatoms. The Morgan fingerprint density at radius 3 is 2.70 bits per heavy atom. The molecule has 0 atom stereocenters. The third-order valence-electron chi connectivity index (χ3n) is 2.74. The van der Waals surface area contributed by atoms with Gasteiger partial charge in [-0.1, -0.05) is 6.07 Å². The van der Waals surface area contributed by atoms with Crippen LogP contribution in [0.5, 0.6) is 0 Å². The molecule has 0 unspecified atom stereocenters. The van der Waals surface area contributed by atoms with E-state index < -0.39 is 10.0 Å². The lowest BCUT2D eigenvalue weighted by molar-refractivity contribution is 0.479. The Morgan fingerprint density at radius 1 is 1.35 bits per heavy atom. The van der Waals surface area contributed by atoms with Crippen LogP contribution in [0.2, 0.25) is 0 Å². The number of thioether (sulfide) groups is 1. The first kappa shape index (κ1) is 15.0. The Hall–Kier alpha value is -1.44. The molecule has 1 aromatic carbocycles.